The molecule has 8 rings (SSSR count). The molecule has 0 saturated heterocycles. The Labute approximate surface area is 206 Å². The molecule has 0 aliphatic carbocycles. The summed E-state index contributed by atoms with van der Waals surface area (Å²) in [4.78, 5) is 12.0. The minimum atomic E-state index is -0.241. The van der Waals surface area contributed by atoms with Crippen molar-refractivity contribution in [1.29, 1.82) is 0 Å². The van der Waals surface area contributed by atoms with E-state index in [0.29, 0.717) is 12.2 Å². The van der Waals surface area contributed by atoms with Gasteiger partial charge in [-0.2, -0.15) is 0 Å². The van der Waals surface area contributed by atoms with Crippen LogP contribution in [0.4, 0.5) is 0 Å². The number of cyclic esters (lactones) is 1. The van der Waals surface area contributed by atoms with E-state index in [0.717, 1.165) is 28.0 Å². The Morgan fingerprint density at radius 2 is 1.03 bits per heavy atom. The number of hydrogen-bond acceptors (Lipinski definition) is 2. The zero-order chi connectivity index (χ0) is 23.8. The molecule has 170 valence electrons. The number of esters is 1. The normalized spacial score (nSPS) is 13.2. The molecular weight excluding hydrogens is 444 g/mol. The van der Waals surface area contributed by atoms with E-state index >= 15 is 0 Å². The van der Waals surface area contributed by atoms with Crippen LogP contribution < -0.4 is 0 Å². The molecule has 0 saturated carbocycles. The van der Waals surface area contributed by atoms with Crippen molar-refractivity contribution < 1.29 is 9.53 Å². The average molecular weight is 465 g/mol. The van der Waals surface area contributed by atoms with E-state index in [1.807, 2.05) is 12.1 Å². The van der Waals surface area contributed by atoms with Crippen LogP contribution >= 0.6 is 0 Å². The number of hydrogen-bond donors (Lipinski definition) is 0. The Bertz CT molecular complexity index is 1970. The number of nitrogens with zero attached hydrogens (tertiary/aromatic N) is 2. The molecule has 36 heavy (non-hydrogen) atoms. The predicted octanol–water partition coefficient (Wildman–Crippen LogP) is 7.55. The van der Waals surface area contributed by atoms with Crippen molar-refractivity contribution in [3.8, 4) is 11.4 Å². The highest BCUT2D eigenvalue weighted by Crippen LogP contribution is 2.37. The topological polar surface area (TPSA) is 36.2 Å². The van der Waals surface area contributed by atoms with E-state index in [4.69, 9.17) is 4.74 Å². The van der Waals surface area contributed by atoms with Gasteiger partial charge in [0, 0.05) is 38.5 Å². The number of ether oxygens (including phenoxy) is 1. The van der Waals surface area contributed by atoms with Crippen molar-refractivity contribution in [3.05, 3.63) is 120 Å². The van der Waals surface area contributed by atoms with Crippen molar-refractivity contribution in [2.24, 2.45) is 0 Å². The van der Waals surface area contributed by atoms with Gasteiger partial charge in [-0.3, -0.25) is 0 Å². The second-order valence-electron chi connectivity index (χ2n) is 9.34. The Hall–Kier alpha value is -4.83. The minimum absolute atomic E-state index is 0.241. The molecule has 0 radical (unpaired) electrons. The van der Waals surface area contributed by atoms with E-state index in [-0.39, 0.29) is 5.97 Å². The molecule has 7 aromatic rings. The quantitative estimate of drug-likeness (QED) is 0.248. The Kier molecular flexibility index (Phi) is 3.84. The van der Waals surface area contributed by atoms with Crippen molar-refractivity contribution in [2.75, 3.05) is 0 Å². The molecule has 0 atom stereocenters. The molecule has 0 spiro atoms. The molecule has 2 aromatic heterocycles. The molecular formula is C32H20N2O2. The van der Waals surface area contributed by atoms with E-state index in [1.165, 1.54) is 32.6 Å². The lowest BCUT2D eigenvalue weighted by molar-refractivity contribution is 0.0535. The molecule has 1 aliphatic heterocycles. The fourth-order valence-electron chi connectivity index (χ4n) is 5.84. The van der Waals surface area contributed by atoms with Gasteiger partial charge in [0.05, 0.1) is 27.6 Å². The molecule has 1 aliphatic rings. The summed E-state index contributed by atoms with van der Waals surface area (Å²) in [5, 5.41) is 4.90. The van der Waals surface area contributed by atoms with Crippen LogP contribution in [-0.4, -0.2) is 15.1 Å². The van der Waals surface area contributed by atoms with Crippen molar-refractivity contribution in [1.82, 2.24) is 9.13 Å². The van der Waals surface area contributed by atoms with Crippen LogP contribution in [-0.2, 0) is 11.3 Å². The van der Waals surface area contributed by atoms with Crippen molar-refractivity contribution in [2.45, 2.75) is 6.61 Å². The summed E-state index contributed by atoms with van der Waals surface area (Å²) in [7, 11) is 0. The predicted molar refractivity (Wildman–Crippen MR) is 144 cm³/mol. The SMILES string of the molecule is O=C1OCc2cc(-n3c4ccccc4c4cc(-n5c6ccccc6c6ccccc65)ccc43)ccc21. The zero-order valence-corrected chi connectivity index (χ0v) is 19.3. The van der Waals surface area contributed by atoms with Gasteiger partial charge < -0.3 is 13.9 Å². The van der Waals surface area contributed by atoms with Gasteiger partial charge in [0.1, 0.15) is 6.61 Å². The molecule has 0 unspecified atom stereocenters. The Morgan fingerprint density at radius 1 is 0.528 bits per heavy atom. The highest BCUT2D eigenvalue weighted by molar-refractivity contribution is 6.12. The molecule has 0 bridgehead atoms. The largest absolute Gasteiger partial charge is 0.457 e. The summed E-state index contributed by atoms with van der Waals surface area (Å²) in [6.45, 7) is 0.330. The van der Waals surface area contributed by atoms with Gasteiger partial charge in [-0.15, -0.1) is 0 Å². The lowest BCUT2D eigenvalue weighted by atomic mass is 10.1. The standard InChI is InChI=1S/C32H20N2O2/c35-32-23-15-13-21(17-20(23)19-36-32)33-30-12-6-3-9-26(30)27-18-22(14-16-31(27)33)34-28-10-4-1-7-24(28)25-8-2-5-11-29(25)34/h1-18H,19H2. The summed E-state index contributed by atoms with van der Waals surface area (Å²) >= 11 is 0. The van der Waals surface area contributed by atoms with Gasteiger partial charge in [-0.05, 0) is 54.6 Å². The van der Waals surface area contributed by atoms with Gasteiger partial charge in [-0.25, -0.2) is 4.79 Å². The monoisotopic (exact) mass is 464 g/mol. The highest BCUT2D eigenvalue weighted by Gasteiger charge is 2.22. The second-order valence-corrected chi connectivity index (χ2v) is 9.34. The third kappa shape index (κ3) is 2.56. The zero-order valence-electron chi connectivity index (χ0n) is 19.3. The van der Waals surface area contributed by atoms with Gasteiger partial charge in [-0.1, -0.05) is 54.6 Å². The first-order valence-corrected chi connectivity index (χ1v) is 12.1. The fourth-order valence-corrected chi connectivity index (χ4v) is 5.84. The number of benzene rings is 5. The Balaban J connectivity index is 1.42. The van der Waals surface area contributed by atoms with Crippen LogP contribution in [0, 0.1) is 0 Å². The van der Waals surface area contributed by atoms with Gasteiger partial charge >= 0.3 is 5.97 Å². The van der Waals surface area contributed by atoms with Crippen molar-refractivity contribution in [3.63, 3.8) is 0 Å². The fraction of sp³-hybridized carbons (Fsp3) is 0.0312. The van der Waals surface area contributed by atoms with Crippen LogP contribution in [0.25, 0.3) is 55.0 Å². The summed E-state index contributed by atoms with van der Waals surface area (Å²) in [5.41, 5.74) is 8.43. The lowest BCUT2D eigenvalue weighted by Crippen LogP contribution is -1.98. The number of aromatic nitrogens is 2. The summed E-state index contributed by atoms with van der Waals surface area (Å²) in [6.07, 6.45) is 0. The summed E-state index contributed by atoms with van der Waals surface area (Å²) in [5.74, 6) is -0.241. The van der Waals surface area contributed by atoms with Crippen LogP contribution in [0.15, 0.2) is 109 Å². The number of carbonyl (C=O) groups excluding carboxylic acids is 1. The van der Waals surface area contributed by atoms with Crippen molar-refractivity contribution >= 4 is 49.6 Å². The van der Waals surface area contributed by atoms with E-state index in [9.17, 15) is 4.79 Å². The molecule has 0 amide bonds. The first-order chi connectivity index (χ1) is 17.8. The molecule has 4 heteroatoms. The second kappa shape index (κ2) is 7.09. The minimum Gasteiger partial charge on any atom is -0.457 e. The lowest BCUT2D eigenvalue weighted by Gasteiger charge is -2.11. The Morgan fingerprint density at radius 3 is 1.67 bits per heavy atom. The molecule has 0 N–H and O–H groups in total. The average Bonchev–Trinajstić information content (AvgIpc) is 3.58. The third-order valence-electron chi connectivity index (χ3n) is 7.42. The van der Waals surface area contributed by atoms with Gasteiger partial charge in [0.15, 0.2) is 0 Å². The highest BCUT2D eigenvalue weighted by atomic mass is 16.5. The molecule has 5 aromatic carbocycles. The van der Waals surface area contributed by atoms with Gasteiger partial charge in [0.2, 0.25) is 0 Å². The van der Waals surface area contributed by atoms with Crippen LogP contribution in [0.1, 0.15) is 15.9 Å². The number of fused-ring (bicyclic) bond motifs is 7. The van der Waals surface area contributed by atoms with E-state index in [1.54, 1.807) is 0 Å². The van der Waals surface area contributed by atoms with E-state index < -0.39 is 0 Å². The number of rotatable bonds is 2. The molecule has 3 heterocycles. The van der Waals surface area contributed by atoms with Crippen LogP contribution in [0.3, 0.4) is 0 Å². The third-order valence-corrected chi connectivity index (χ3v) is 7.42. The maximum absolute atomic E-state index is 12.0. The molecule has 0 fully saturated rings. The number of para-hydroxylation sites is 3. The van der Waals surface area contributed by atoms with E-state index in [2.05, 4.69) is 106 Å². The number of carbonyl (C=O) groups is 1. The maximum atomic E-state index is 12.0. The van der Waals surface area contributed by atoms with Gasteiger partial charge in [0.25, 0.3) is 0 Å². The van der Waals surface area contributed by atoms with Crippen LogP contribution in [0.2, 0.25) is 0 Å². The smallest absolute Gasteiger partial charge is 0.338 e. The van der Waals surface area contributed by atoms with Crippen LogP contribution in [0.5, 0.6) is 0 Å². The summed E-state index contributed by atoms with van der Waals surface area (Å²) in [6, 6.07) is 38.4. The maximum Gasteiger partial charge on any atom is 0.338 e. The molecule has 4 nitrogen and oxygen atoms in total. The first kappa shape index (κ1) is 19.5. The summed E-state index contributed by atoms with van der Waals surface area (Å²) < 4.78 is 9.88. The first-order valence-electron chi connectivity index (χ1n) is 12.1.